The normalized spacial score (nSPS) is 27.4. The van der Waals surface area contributed by atoms with Crippen LogP contribution < -0.4 is 10.2 Å². The van der Waals surface area contributed by atoms with Crippen molar-refractivity contribution in [2.24, 2.45) is 23.7 Å². The lowest BCUT2D eigenvalue weighted by Crippen LogP contribution is -2.53. The monoisotopic (exact) mass is 799 g/mol. The third-order valence-corrected chi connectivity index (χ3v) is 11.3. The van der Waals surface area contributed by atoms with E-state index in [0.717, 1.165) is 12.1 Å². The fraction of sp³-hybridized carbons (Fsp3) is 0.286. The molecule has 3 aromatic carbocycles. The number of nitrogens with zero attached hydrogens (tertiary/aromatic N) is 2. The summed E-state index contributed by atoms with van der Waals surface area (Å²) in [6, 6.07) is 15.1. The Morgan fingerprint density at radius 3 is 2.35 bits per heavy atom. The largest absolute Gasteiger partial charge is 0.504 e. The first-order valence-corrected chi connectivity index (χ1v) is 16.8. The first kappa shape index (κ1) is 33.0. The summed E-state index contributed by atoms with van der Waals surface area (Å²) in [5, 5.41) is 12.1. The molecule has 0 radical (unpaired) electrons. The molecule has 5 amide bonds. The zero-order valence-corrected chi connectivity index (χ0v) is 28.9. The maximum atomic E-state index is 15.2. The number of rotatable bonds is 5. The Morgan fingerprint density at radius 1 is 1.00 bits per heavy atom. The summed E-state index contributed by atoms with van der Waals surface area (Å²) in [4.78, 5) is 70.3. The maximum absolute atomic E-state index is 15.2. The van der Waals surface area contributed by atoms with Crippen molar-refractivity contribution in [1.29, 1.82) is 0 Å². The third-order valence-electron chi connectivity index (χ3n) is 10.2. The van der Waals surface area contributed by atoms with Crippen LogP contribution in [-0.4, -0.2) is 59.0 Å². The number of nitrogens with one attached hydrogen (secondary N) is 1. The summed E-state index contributed by atoms with van der Waals surface area (Å²) in [5.74, 6) is -7.74. The van der Waals surface area contributed by atoms with Gasteiger partial charge in [0.2, 0.25) is 11.8 Å². The van der Waals surface area contributed by atoms with Crippen molar-refractivity contribution in [2.45, 2.75) is 24.2 Å². The van der Waals surface area contributed by atoms with Gasteiger partial charge in [0.1, 0.15) is 5.82 Å². The van der Waals surface area contributed by atoms with Gasteiger partial charge in [0.25, 0.3) is 11.8 Å². The molecule has 0 spiro atoms. The van der Waals surface area contributed by atoms with Crippen molar-refractivity contribution in [1.82, 2.24) is 9.91 Å². The van der Waals surface area contributed by atoms with E-state index in [2.05, 4.69) is 5.43 Å². The Morgan fingerprint density at radius 2 is 1.69 bits per heavy atom. The quantitative estimate of drug-likeness (QED) is 0.193. The highest BCUT2D eigenvalue weighted by atomic mass is 127. The molecule has 0 unspecified atom stereocenters. The Kier molecular flexibility index (Phi) is 8.17. The molecule has 2 N–H and O–H groups in total. The number of hydrogen-bond donors (Lipinski definition) is 2. The van der Waals surface area contributed by atoms with Crippen LogP contribution in [0.4, 0.5) is 14.9 Å². The number of likely N-dealkylation sites (tertiary alicyclic amines) is 1. The molecule has 0 bridgehead atoms. The number of fused-ring (bicyclic) bond motifs is 4. The number of aromatic hydroxyl groups is 1. The van der Waals surface area contributed by atoms with Crippen LogP contribution in [0.15, 0.2) is 72.3 Å². The van der Waals surface area contributed by atoms with E-state index in [1.54, 1.807) is 36.4 Å². The maximum Gasteiger partial charge on any atom is 0.423 e. The van der Waals surface area contributed by atoms with Crippen LogP contribution in [0, 0.1) is 33.1 Å². The van der Waals surface area contributed by atoms with Crippen LogP contribution >= 0.6 is 34.2 Å². The van der Waals surface area contributed by atoms with Crippen LogP contribution in [0.2, 0.25) is 5.02 Å². The molecular weight excluding hydrogens is 772 g/mol. The number of phenols is 1. The van der Waals surface area contributed by atoms with E-state index in [1.807, 2.05) is 28.7 Å². The Bertz CT molecular complexity index is 1970. The summed E-state index contributed by atoms with van der Waals surface area (Å²) < 4.78 is 24.5. The highest BCUT2D eigenvalue weighted by Gasteiger charge is 2.70. The van der Waals surface area contributed by atoms with Gasteiger partial charge in [-0.25, -0.2) is 9.18 Å². The van der Waals surface area contributed by atoms with Crippen molar-refractivity contribution in [2.75, 3.05) is 19.6 Å². The molecule has 3 aromatic rings. The number of amides is 5. The van der Waals surface area contributed by atoms with E-state index in [-0.39, 0.29) is 30.0 Å². The van der Waals surface area contributed by atoms with Crippen LogP contribution in [0.5, 0.6) is 11.5 Å². The minimum Gasteiger partial charge on any atom is -0.504 e. The van der Waals surface area contributed by atoms with E-state index in [0.29, 0.717) is 30.2 Å². The first-order chi connectivity index (χ1) is 23.4. The predicted octanol–water partition coefficient (Wildman–Crippen LogP) is 5.55. The first-order valence-electron chi connectivity index (χ1n) is 15.3. The van der Waals surface area contributed by atoms with Gasteiger partial charge in [0.05, 0.1) is 46.6 Å². The number of carbonyl (C=O) groups is 5. The van der Waals surface area contributed by atoms with E-state index < -0.39 is 70.5 Å². The number of imide groups is 4. The second-order valence-corrected chi connectivity index (χ2v) is 14.0. The molecule has 2 aliphatic heterocycles. The van der Waals surface area contributed by atoms with Gasteiger partial charge >= 0.3 is 6.09 Å². The predicted molar refractivity (Wildman–Crippen MR) is 181 cm³/mol. The lowest BCUT2D eigenvalue weighted by atomic mass is 9.49. The summed E-state index contributed by atoms with van der Waals surface area (Å²) >= 11 is 8.27. The summed E-state index contributed by atoms with van der Waals surface area (Å²) in [6.45, 7) is 0. The minimum absolute atomic E-state index is 0.0152. The summed E-state index contributed by atoms with van der Waals surface area (Å²) in [6.07, 6.45) is 0.821. The topological polar surface area (TPSA) is 143 Å². The number of ether oxygens (including phenoxy) is 2. The molecular formula is C35H28ClFIN3O8. The molecule has 6 atom stereocenters. The molecule has 2 saturated heterocycles. The van der Waals surface area contributed by atoms with Crippen LogP contribution in [0.25, 0.3) is 0 Å². The zero-order valence-electron chi connectivity index (χ0n) is 26.0. The molecule has 252 valence electrons. The molecule has 0 aromatic heterocycles. The molecule has 3 fully saturated rings. The Hall–Kier alpha value is -4.50. The number of benzene rings is 3. The number of methoxy groups -OCH3 is 2. The smallest absolute Gasteiger partial charge is 0.423 e. The lowest BCUT2D eigenvalue weighted by molar-refractivity contribution is -0.140. The molecule has 4 aliphatic rings. The molecule has 49 heavy (non-hydrogen) atoms. The molecule has 11 nitrogen and oxygen atoms in total. The lowest BCUT2D eigenvalue weighted by Gasteiger charge is -2.50. The number of hydrazine groups is 1. The standard InChI is InChI=1S/C35H28ClFIN3O8/c1-48-26-14-16(13-25(38)29(26)42)28-21-11-12-22-27(32(45)40(30(22)43)34(47)49-2)23(21)15-24-31(44)41(39-20-9-7-19(37)8-10-20)33(46)35(24,28)17-3-5-18(36)6-4-17/h3-11,13-14,22-24,27-28,39,42H,12,15H2,1-2H3/t22-,23+,24-,27-,28-,35+/m0/s1. The Labute approximate surface area is 298 Å². The fourth-order valence-corrected chi connectivity index (χ4v) is 8.97. The number of halogens is 3. The Balaban J connectivity index is 1.48. The average molecular weight is 800 g/mol. The van der Waals surface area contributed by atoms with Crippen molar-refractivity contribution >= 4 is 69.6 Å². The number of anilines is 1. The fourth-order valence-electron chi connectivity index (χ4n) is 8.22. The van der Waals surface area contributed by atoms with Crippen LogP contribution in [0.1, 0.15) is 29.9 Å². The van der Waals surface area contributed by atoms with Crippen LogP contribution in [-0.2, 0) is 29.3 Å². The van der Waals surface area contributed by atoms with E-state index in [4.69, 9.17) is 21.1 Å². The van der Waals surface area contributed by atoms with Gasteiger partial charge in [0.15, 0.2) is 11.5 Å². The van der Waals surface area contributed by atoms with Gasteiger partial charge in [-0.2, -0.15) is 9.91 Å². The van der Waals surface area contributed by atoms with E-state index in [1.165, 1.54) is 31.4 Å². The minimum atomic E-state index is -1.62. The van der Waals surface area contributed by atoms with E-state index in [9.17, 15) is 28.7 Å². The molecule has 14 heteroatoms. The van der Waals surface area contributed by atoms with Crippen molar-refractivity contribution in [3.63, 3.8) is 0 Å². The molecule has 7 rings (SSSR count). The average Bonchev–Trinajstić information content (AvgIpc) is 3.47. The van der Waals surface area contributed by atoms with Gasteiger partial charge in [-0.05, 0) is 101 Å². The highest BCUT2D eigenvalue weighted by molar-refractivity contribution is 14.1. The van der Waals surface area contributed by atoms with Gasteiger partial charge in [-0.1, -0.05) is 35.4 Å². The molecule has 2 heterocycles. The van der Waals surface area contributed by atoms with Gasteiger partial charge in [-0.3, -0.25) is 24.6 Å². The van der Waals surface area contributed by atoms with Crippen LogP contribution in [0.3, 0.4) is 0 Å². The second kappa shape index (κ2) is 12.1. The summed E-state index contributed by atoms with van der Waals surface area (Å²) in [5.41, 5.74) is 3.17. The SMILES string of the molecule is COC(=O)N1C(=O)[C@H]2[C@H](CC=C3[C@H]2C[C@H]2C(=O)N(Nc4ccc(F)cc4)C(=O)[C@@]2(c2ccc(Cl)cc2)[C@H]3c2cc(I)c(O)c(OC)c2)C1=O. The third kappa shape index (κ3) is 4.83. The van der Waals surface area contributed by atoms with Crippen molar-refractivity contribution in [3.05, 3.63) is 97.8 Å². The number of carbonyl (C=O) groups excluding carboxylic acids is 5. The second-order valence-electron chi connectivity index (χ2n) is 12.4. The van der Waals surface area contributed by atoms with Gasteiger partial charge in [-0.15, -0.1) is 0 Å². The summed E-state index contributed by atoms with van der Waals surface area (Å²) in [7, 11) is 2.47. The van der Waals surface area contributed by atoms with E-state index >= 15 is 4.79 Å². The van der Waals surface area contributed by atoms with Gasteiger partial charge in [0, 0.05) is 10.9 Å². The number of phenolic OH excluding ortho intramolecular Hbond substituents is 1. The molecule has 1 saturated carbocycles. The van der Waals surface area contributed by atoms with Crippen molar-refractivity contribution < 1.29 is 42.9 Å². The molecule has 2 aliphatic carbocycles. The van der Waals surface area contributed by atoms with Crippen molar-refractivity contribution in [3.8, 4) is 11.5 Å². The highest BCUT2D eigenvalue weighted by Crippen LogP contribution is 2.64. The zero-order chi connectivity index (χ0) is 34.9. The van der Waals surface area contributed by atoms with Gasteiger partial charge < -0.3 is 14.6 Å². The number of hydrogen-bond acceptors (Lipinski definition) is 9. The number of allylic oxidation sites excluding steroid dienone is 2.